The Bertz CT molecular complexity index is 273. The summed E-state index contributed by atoms with van der Waals surface area (Å²) in [5.74, 6) is 0.664. The monoisotopic (exact) mass is 217 g/mol. The Kier molecular flexibility index (Phi) is 5.21. The molecule has 0 aliphatic heterocycles. The molecule has 0 aromatic carbocycles. The molecule has 1 rings (SSSR count). The Labute approximate surface area is 87.1 Å². The largest absolute Gasteiger partial charge is 0.394 e. The Morgan fingerprint density at radius 1 is 1.43 bits per heavy atom. The molecule has 0 atom stereocenters. The molecular formula is C8H12ClN3O2. The van der Waals surface area contributed by atoms with E-state index in [1.54, 1.807) is 6.07 Å². The second-order valence-electron chi connectivity index (χ2n) is 2.49. The predicted octanol–water partition coefficient (Wildman–Crippen LogP) is 0.551. The van der Waals surface area contributed by atoms with Crippen LogP contribution < -0.4 is 5.32 Å². The van der Waals surface area contributed by atoms with Gasteiger partial charge in [0, 0.05) is 12.6 Å². The Morgan fingerprint density at radius 2 is 2.29 bits per heavy atom. The first-order valence-corrected chi connectivity index (χ1v) is 4.61. The van der Waals surface area contributed by atoms with E-state index in [9.17, 15) is 0 Å². The van der Waals surface area contributed by atoms with Crippen LogP contribution in [0.4, 0.5) is 5.82 Å². The summed E-state index contributed by atoms with van der Waals surface area (Å²) in [7, 11) is 0. The van der Waals surface area contributed by atoms with Crippen molar-refractivity contribution in [3.8, 4) is 0 Å². The fourth-order valence-corrected chi connectivity index (χ4v) is 0.995. The normalized spacial score (nSPS) is 10.1. The Hall–Kier alpha value is -0.910. The zero-order valence-electron chi connectivity index (χ0n) is 7.61. The van der Waals surface area contributed by atoms with E-state index >= 15 is 0 Å². The lowest BCUT2D eigenvalue weighted by Gasteiger charge is -2.05. The SMILES string of the molecule is OCCOCCNc1cc(Cl)ncn1. The quantitative estimate of drug-likeness (QED) is 0.538. The lowest BCUT2D eigenvalue weighted by molar-refractivity contribution is 0.0992. The second-order valence-corrected chi connectivity index (χ2v) is 2.88. The van der Waals surface area contributed by atoms with Gasteiger partial charge in [-0.2, -0.15) is 0 Å². The third-order valence-electron chi connectivity index (χ3n) is 1.42. The molecule has 6 heteroatoms. The van der Waals surface area contributed by atoms with Gasteiger partial charge in [0.15, 0.2) is 0 Å². The average Bonchev–Trinajstić information content (AvgIpc) is 2.18. The van der Waals surface area contributed by atoms with E-state index in [4.69, 9.17) is 21.4 Å². The fourth-order valence-electron chi connectivity index (χ4n) is 0.848. The van der Waals surface area contributed by atoms with Crippen LogP contribution in [-0.4, -0.2) is 41.4 Å². The van der Waals surface area contributed by atoms with Gasteiger partial charge < -0.3 is 15.2 Å². The number of aliphatic hydroxyl groups excluding tert-OH is 1. The number of aliphatic hydroxyl groups is 1. The summed E-state index contributed by atoms with van der Waals surface area (Å²) in [4.78, 5) is 7.69. The summed E-state index contributed by atoms with van der Waals surface area (Å²) in [5.41, 5.74) is 0. The van der Waals surface area contributed by atoms with Gasteiger partial charge in [0.25, 0.3) is 0 Å². The van der Waals surface area contributed by atoms with E-state index in [1.165, 1.54) is 6.33 Å². The lowest BCUT2D eigenvalue weighted by atomic mass is 10.5. The first-order chi connectivity index (χ1) is 6.83. The summed E-state index contributed by atoms with van der Waals surface area (Å²) >= 11 is 5.65. The average molecular weight is 218 g/mol. The third-order valence-corrected chi connectivity index (χ3v) is 1.63. The predicted molar refractivity (Wildman–Crippen MR) is 53.4 cm³/mol. The van der Waals surface area contributed by atoms with Crippen LogP contribution in [-0.2, 0) is 4.74 Å². The number of hydrogen-bond donors (Lipinski definition) is 2. The van der Waals surface area contributed by atoms with Crippen LogP contribution in [0.5, 0.6) is 0 Å². The second kappa shape index (κ2) is 6.53. The molecule has 0 spiro atoms. The van der Waals surface area contributed by atoms with E-state index in [0.29, 0.717) is 30.7 Å². The molecule has 0 fully saturated rings. The molecule has 2 N–H and O–H groups in total. The highest BCUT2D eigenvalue weighted by atomic mass is 35.5. The minimum atomic E-state index is 0.0410. The number of anilines is 1. The van der Waals surface area contributed by atoms with E-state index in [1.807, 2.05) is 0 Å². The lowest BCUT2D eigenvalue weighted by Crippen LogP contribution is -2.12. The van der Waals surface area contributed by atoms with E-state index in [-0.39, 0.29) is 6.61 Å². The van der Waals surface area contributed by atoms with Gasteiger partial charge in [0.2, 0.25) is 0 Å². The number of nitrogens with zero attached hydrogens (tertiary/aromatic N) is 2. The number of ether oxygens (including phenoxy) is 1. The van der Waals surface area contributed by atoms with Crippen LogP contribution >= 0.6 is 11.6 Å². The molecule has 78 valence electrons. The van der Waals surface area contributed by atoms with Crippen LogP contribution in [0.25, 0.3) is 0 Å². The van der Waals surface area contributed by atoms with Crippen LogP contribution in [0.3, 0.4) is 0 Å². The third kappa shape index (κ3) is 4.36. The maximum atomic E-state index is 8.44. The maximum Gasteiger partial charge on any atom is 0.134 e. The zero-order valence-corrected chi connectivity index (χ0v) is 8.37. The van der Waals surface area contributed by atoms with Crippen molar-refractivity contribution in [3.05, 3.63) is 17.5 Å². The van der Waals surface area contributed by atoms with Crippen molar-refractivity contribution in [1.82, 2.24) is 9.97 Å². The molecule has 0 bridgehead atoms. The molecule has 1 aromatic rings. The van der Waals surface area contributed by atoms with E-state index in [0.717, 1.165) is 0 Å². The minimum Gasteiger partial charge on any atom is -0.394 e. The summed E-state index contributed by atoms with van der Waals surface area (Å²) in [6.07, 6.45) is 1.39. The zero-order chi connectivity index (χ0) is 10.2. The first-order valence-electron chi connectivity index (χ1n) is 4.23. The maximum absolute atomic E-state index is 8.44. The molecule has 0 unspecified atom stereocenters. The summed E-state index contributed by atoms with van der Waals surface area (Å²) < 4.78 is 5.05. The van der Waals surface area contributed by atoms with Crippen LogP contribution in [0.15, 0.2) is 12.4 Å². The number of hydrogen-bond acceptors (Lipinski definition) is 5. The Balaban J connectivity index is 2.18. The van der Waals surface area contributed by atoms with Crippen LogP contribution in [0, 0.1) is 0 Å². The molecule has 0 saturated carbocycles. The standard InChI is InChI=1S/C8H12ClN3O2/c9-7-5-8(12-6-11-7)10-1-3-14-4-2-13/h5-6,13H,1-4H2,(H,10,11,12). The van der Waals surface area contributed by atoms with Crippen molar-refractivity contribution in [3.63, 3.8) is 0 Å². The van der Waals surface area contributed by atoms with Gasteiger partial charge in [-0.25, -0.2) is 9.97 Å². The topological polar surface area (TPSA) is 67.3 Å². The van der Waals surface area contributed by atoms with E-state index in [2.05, 4.69) is 15.3 Å². The Morgan fingerprint density at radius 3 is 3.00 bits per heavy atom. The molecule has 0 saturated heterocycles. The van der Waals surface area contributed by atoms with Crippen LogP contribution in [0.1, 0.15) is 0 Å². The number of aromatic nitrogens is 2. The van der Waals surface area contributed by atoms with Gasteiger partial charge in [0.05, 0.1) is 19.8 Å². The minimum absolute atomic E-state index is 0.0410. The molecule has 0 amide bonds. The van der Waals surface area contributed by atoms with Gasteiger partial charge in [-0.1, -0.05) is 11.6 Å². The van der Waals surface area contributed by atoms with Crippen molar-refractivity contribution in [2.75, 3.05) is 31.7 Å². The summed E-state index contributed by atoms with van der Waals surface area (Å²) in [6, 6.07) is 1.63. The van der Waals surface area contributed by atoms with Crippen molar-refractivity contribution < 1.29 is 9.84 Å². The van der Waals surface area contributed by atoms with E-state index < -0.39 is 0 Å². The number of nitrogens with one attached hydrogen (secondary N) is 1. The highest BCUT2D eigenvalue weighted by Crippen LogP contribution is 2.07. The number of rotatable bonds is 6. The molecule has 1 heterocycles. The molecule has 14 heavy (non-hydrogen) atoms. The van der Waals surface area contributed by atoms with Crippen molar-refractivity contribution >= 4 is 17.4 Å². The highest BCUT2D eigenvalue weighted by Gasteiger charge is 1.94. The molecule has 0 aliphatic carbocycles. The first kappa shape index (κ1) is 11.2. The van der Waals surface area contributed by atoms with Crippen molar-refractivity contribution in [1.29, 1.82) is 0 Å². The smallest absolute Gasteiger partial charge is 0.134 e. The summed E-state index contributed by atoms with van der Waals surface area (Å²) in [6.45, 7) is 1.53. The fraction of sp³-hybridized carbons (Fsp3) is 0.500. The van der Waals surface area contributed by atoms with Crippen molar-refractivity contribution in [2.24, 2.45) is 0 Å². The van der Waals surface area contributed by atoms with Gasteiger partial charge in [-0.05, 0) is 0 Å². The molecule has 0 aliphatic rings. The van der Waals surface area contributed by atoms with Gasteiger partial charge in [-0.15, -0.1) is 0 Å². The van der Waals surface area contributed by atoms with Crippen molar-refractivity contribution in [2.45, 2.75) is 0 Å². The van der Waals surface area contributed by atoms with Gasteiger partial charge >= 0.3 is 0 Å². The summed E-state index contributed by atoms with van der Waals surface area (Å²) in [5, 5.41) is 11.8. The molecular weight excluding hydrogens is 206 g/mol. The molecule has 5 nitrogen and oxygen atoms in total. The highest BCUT2D eigenvalue weighted by molar-refractivity contribution is 6.29. The van der Waals surface area contributed by atoms with Gasteiger partial charge in [-0.3, -0.25) is 0 Å². The molecule has 1 aromatic heterocycles. The number of halogens is 1. The van der Waals surface area contributed by atoms with Gasteiger partial charge in [0.1, 0.15) is 17.3 Å². The molecule has 0 radical (unpaired) electrons. The van der Waals surface area contributed by atoms with Crippen LogP contribution in [0.2, 0.25) is 5.15 Å².